The minimum absolute atomic E-state index is 0.110. The van der Waals surface area contributed by atoms with E-state index in [-0.39, 0.29) is 5.78 Å². The first-order valence-electron chi connectivity index (χ1n) is 11.4. The van der Waals surface area contributed by atoms with Gasteiger partial charge in [0.1, 0.15) is 0 Å². The van der Waals surface area contributed by atoms with Gasteiger partial charge < -0.3 is 29.2 Å². The first-order valence-corrected chi connectivity index (χ1v) is 12.2. The zero-order valence-corrected chi connectivity index (χ0v) is 22.5. The highest BCUT2D eigenvalue weighted by Crippen LogP contribution is 2.39. The number of nitrogens with one attached hydrogen (secondary N) is 2. The van der Waals surface area contributed by atoms with Gasteiger partial charge in [-0.1, -0.05) is 30.4 Å². The lowest BCUT2D eigenvalue weighted by molar-refractivity contribution is 0.104. The van der Waals surface area contributed by atoms with Crippen molar-refractivity contribution in [1.29, 1.82) is 0 Å². The van der Waals surface area contributed by atoms with Crippen LogP contribution in [0.2, 0.25) is 0 Å². The second-order valence-corrected chi connectivity index (χ2v) is 8.82. The van der Waals surface area contributed by atoms with Crippen molar-refractivity contribution in [3.05, 3.63) is 88.2 Å². The number of carbonyl (C=O) groups excluding carboxylic acids is 1. The molecule has 4 aromatic rings. The summed E-state index contributed by atoms with van der Waals surface area (Å²) >= 11 is 3.58. The van der Waals surface area contributed by atoms with Crippen LogP contribution < -0.4 is 24.3 Å². The second kappa shape index (κ2) is 11.7. The zero-order chi connectivity index (χ0) is 26.4. The van der Waals surface area contributed by atoms with E-state index in [9.17, 15) is 4.79 Å². The van der Waals surface area contributed by atoms with Gasteiger partial charge >= 0.3 is 0 Å². The minimum atomic E-state index is -0.110. The molecule has 190 valence electrons. The third-order valence-electron chi connectivity index (χ3n) is 5.75. The number of halogens is 1. The van der Waals surface area contributed by atoms with Gasteiger partial charge in [0.05, 0.1) is 38.6 Å². The van der Waals surface area contributed by atoms with Crippen molar-refractivity contribution in [2.45, 2.75) is 0 Å². The summed E-state index contributed by atoms with van der Waals surface area (Å²) in [6.07, 6.45) is 8.74. The number of ketones is 1. The molecule has 0 unspecified atom stereocenters. The van der Waals surface area contributed by atoms with Crippen molar-refractivity contribution in [3.8, 4) is 23.0 Å². The van der Waals surface area contributed by atoms with Crippen LogP contribution in [-0.4, -0.2) is 39.2 Å². The number of carbonyl (C=O) groups is 1. The molecule has 0 fully saturated rings. The van der Waals surface area contributed by atoms with Gasteiger partial charge in [0, 0.05) is 34.9 Å². The molecule has 0 aliphatic rings. The number of methoxy groups -OCH3 is 4. The van der Waals surface area contributed by atoms with Gasteiger partial charge in [0.25, 0.3) is 0 Å². The molecular formula is C29H27BrN2O5. The number of para-hydroxylation sites is 1. The molecule has 4 rings (SSSR count). The lowest BCUT2D eigenvalue weighted by Gasteiger charge is -2.13. The predicted octanol–water partition coefficient (Wildman–Crippen LogP) is 6.94. The van der Waals surface area contributed by atoms with Crippen molar-refractivity contribution < 1.29 is 23.7 Å². The normalized spacial score (nSPS) is 11.3. The van der Waals surface area contributed by atoms with E-state index >= 15 is 0 Å². The molecule has 0 amide bonds. The largest absolute Gasteiger partial charge is 0.493 e. The van der Waals surface area contributed by atoms with Gasteiger partial charge in [0.15, 0.2) is 23.0 Å². The molecule has 8 heteroatoms. The fourth-order valence-corrected chi connectivity index (χ4v) is 4.63. The number of hydrogen-bond donors (Lipinski definition) is 2. The predicted molar refractivity (Wildman–Crippen MR) is 151 cm³/mol. The van der Waals surface area contributed by atoms with E-state index in [0.717, 1.165) is 26.5 Å². The molecule has 1 aromatic heterocycles. The Bertz CT molecular complexity index is 1460. The number of aromatic amines is 1. The maximum Gasteiger partial charge on any atom is 0.203 e. The van der Waals surface area contributed by atoms with Crippen LogP contribution >= 0.6 is 15.9 Å². The van der Waals surface area contributed by atoms with E-state index in [1.807, 2.05) is 60.7 Å². The summed E-state index contributed by atoms with van der Waals surface area (Å²) < 4.78 is 22.6. The van der Waals surface area contributed by atoms with Crippen LogP contribution in [0, 0.1) is 0 Å². The Balaban J connectivity index is 1.57. The summed E-state index contributed by atoms with van der Waals surface area (Å²) in [6.45, 7) is 0. The number of fused-ring (bicyclic) bond motifs is 1. The number of anilines is 1. The average Bonchev–Trinajstić information content (AvgIpc) is 3.35. The molecule has 0 saturated carbocycles. The standard InChI is InChI=1S/C29H27BrN2O5/c1-34-26-15-19(16-27(35-2)29(26)37-4)10-9-18-13-22(30)28(36-3)24(14-18)31-12-11-25(33)21-17-32-23-8-6-5-7-20(21)23/h5-17,31-32H,1-4H3. The van der Waals surface area contributed by atoms with Crippen LogP contribution in [0.4, 0.5) is 5.69 Å². The summed E-state index contributed by atoms with van der Waals surface area (Å²) in [5.41, 5.74) is 4.01. The number of hydrogen-bond acceptors (Lipinski definition) is 6. The fourth-order valence-electron chi connectivity index (χ4n) is 3.99. The van der Waals surface area contributed by atoms with Crippen LogP contribution in [-0.2, 0) is 0 Å². The molecule has 1 heterocycles. The Hall–Kier alpha value is -4.17. The third kappa shape index (κ3) is 5.65. The summed E-state index contributed by atoms with van der Waals surface area (Å²) in [4.78, 5) is 15.9. The maximum atomic E-state index is 12.8. The van der Waals surface area contributed by atoms with Crippen molar-refractivity contribution in [2.24, 2.45) is 0 Å². The van der Waals surface area contributed by atoms with Crippen LogP contribution in [0.15, 0.2) is 71.5 Å². The first kappa shape index (κ1) is 25.9. The fraction of sp³-hybridized carbons (Fsp3) is 0.138. The van der Waals surface area contributed by atoms with Gasteiger partial charge in [-0.05, 0) is 57.4 Å². The lowest BCUT2D eigenvalue weighted by atomic mass is 10.1. The van der Waals surface area contributed by atoms with Crippen LogP contribution in [0.3, 0.4) is 0 Å². The Morgan fingerprint density at radius 2 is 1.51 bits per heavy atom. The number of allylic oxidation sites excluding steroid dienone is 1. The molecular weight excluding hydrogens is 536 g/mol. The monoisotopic (exact) mass is 562 g/mol. The van der Waals surface area contributed by atoms with E-state index in [1.165, 1.54) is 6.08 Å². The lowest BCUT2D eigenvalue weighted by Crippen LogP contribution is -1.98. The Morgan fingerprint density at radius 3 is 2.16 bits per heavy atom. The molecule has 0 bridgehead atoms. The van der Waals surface area contributed by atoms with Crippen LogP contribution in [0.25, 0.3) is 23.1 Å². The summed E-state index contributed by atoms with van der Waals surface area (Å²) in [5, 5.41) is 4.06. The van der Waals surface area contributed by atoms with E-state index in [1.54, 1.807) is 40.8 Å². The van der Waals surface area contributed by atoms with Crippen molar-refractivity contribution in [1.82, 2.24) is 4.98 Å². The van der Waals surface area contributed by atoms with E-state index in [2.05, 4.69) is 26.2 Å². The second-order valence-electron chi connectivity index (χ2n) is 7.97. The van der Waals surface area contributed by atoms with Gasteiger partial charge in [0.2, 0.25) is 5.75 Å². The molecule has 0 aliphatic carbocycles. The SMILES string of the molecule is COc1cc(C=Cc2cc(Br)c(OC)c(NC=CC(=O)c3c[nH]c4ccccc34)c2)cc(OC)c1OC. The topological polar surface area (TPSA) is 81.8 Å². The van der Waals surface area contributed by atoms with Gasteiger partial charge in [-0.15, -0.1) is 0 Å². The van der Waals surface area contributed by atoms with E-state index in [4.69, 9.17) is 18.9 Å². The Labute approximate surface area is 223 Å². The molecule has 0 atom stereocenters. The van der Waals surface area contributed by atoms with E-state index in [0.29, 0.717) is 34.2 Å². The molecule has 0 saturated heterocycles. The molecule has 3 aromatic carbocycles. The smallest absolute Gasteiger partial charge is 0.203 e. The van der Waals surface area contributed by atoms with Crippen molar-refractivity contribution in [2.75, 3.05) is 33.8 Å². The van der Waals surface area contributed by atoms with Gasteiger partial charge in [-0.3, -0.25) is 4.79 Å². The van der Waals surface area contributed by atoms with Gasteiger partial charge in [-0.25, -0.2) is 0 Å². The number of H-pyrrole nitrogens is 1. The molecule has 0 radical (unpaired) electrons. The molecule has 7 nitrogen and oxygen atoms in total. The number of benzene rings is 3. The average molecular weight is 563 g/mol. The molecule has 2 N–H and O–H groups in total. The molecule has 0 aliphatic heterocycles. The Morgan fingerprint density at radius 1 is 0.865 bits per heavy atom. The van der Waals surface area contributed by atoms with Gasteiger partial charge in [-0.2, -0.15) is 0 Å². The highest BCUT2D eigenvalue weighted by molar-refractivity contribution is 9.10. The van der Waals surface area contributed by atoms with Crippen LogP contribution in [0.5, 0.6) is 23.0 Å². The minimum Gasteiger partial charge on any atom is -0.493 e. The molecule has 0 spiro atoms. The highest BCUT2D eigenvalue weighted by atomic mass is 79.9. The highest BCUT2D eigenvalue weighted by Gasteiger charge is 2.13. The van der Waals surface area contributed by atoms with Crippen molar-refractivity contribution >= 4 is 50.5 Å². The summed E-state index contributed by atoms with van der Waals surface area (Å²) in [5.74, 6) is 2.19. The Kier molecular flexibility index (Phi) is 8.20. The molecule has 37 heavy (non-hydrogen) atoms. The number of aromatic nitrogens is 1. The summed E-state index contributed by atoms with van der Waals surface area (Å²) in [7, 11) is 6.33. The van der Waals surface area contributed by atoms with E-state index < -0.39 is 0 Å². The number of rotatable bonds is 10. The van der Waals surface area contributed by atoms with Crippen LogP contribution in [0.1, 0.15) is 21.5 Å². The summed E-state index contributed by atoms with van der Waals surface area (Å²) in [6, 6.07) is 15.3. The number of ether oxygens (including phenoxy) is 4. The zero-order valence-electron chi connectivity index (χ0n) is 20.9. The first-order chi connectivity index (χ1) is 18.0. The third-order valence-corrected chi connectivity index (χ3v) is 6.34. The van der Waals surface area contributed by atoms with Crippen molar-refractivity contribution in [3.63, 3.8) is 0 Å². The quantitative estimate of drug-likeness (QED) is 0.124. The maximum absolute atomic E-state index is 12.8.